The molecule has 7 nitrogen and oxygen atoms in total. The summed E-state index contributed by atoms with van der Waals surface area (Å²) in [6.07, 6.45) is 8.46. The van der Waals surface area contributed by atoms with Crippen LogP contribution in [0.1, 0.15) is 55.5 Å². The van der Waals surface area contributed by atoms with Gasteiger partial charge in [0.25, 0.3) is 0 Å². The van der Waals surface area contributed by atoms with E-state index in [9.17, 15) is 9.59 Å². The summed E-state index contributed by atoms with van der Waals surface area (Å²) in [4.78, 5) is 28.4. The number of rotatable bonds is 5. The largest absolute Gasteiger partial charge is 0.361 e. The number of urea groups is 1. The number of fused-ring (bicyclic) bond motifs is 1. The van der Waals surface area contributed by atoms with Gasteiger partial charge in [-0.05, 0) is 50.9 Å². The van der Waals surface area contributed by atoms with Gasteiger partial charge in [0, 0.05) is 44.6 Å². The highest BCUT2D eigenvalue weighted by molar-refractivity contribution is 5.81. The molecule has 0 aromatic carbocycles. The number of aryl methyl sites for hydroxylation is 1. The number of carbonyl (C=O) groups excluding carboxylic acids is 2. The number of piperidine rings is 1. The van der Waals surface area contributed by atoms with E-state index in [0.717, 1.165) is 75.9 Å². The van der Waals surface area contributed by atoms with E-state index in [1.807, 2.05) is 4.90 Å². The van der Waals surface area contributed by atoms with Gasteiger partial charge in [0.15, 0.2) is 0 Å². The first-order valence-electron chi connectivity index (χ1n) is 10.4. The molecule has 0 radical (unpaired) electrons. The minimum absolute atomic E-state index is 0.0896. The van der Waals surface area contributed by atoms with Gasteiger partial charge in [0.1, 0.15) is 11.5 Å². The molecule has 2 fully saturated rings. The predicted octanol–water partition coefficient (Wildman–Crippen LogP) is 2.34. The normalized spacial score (nSPS) is 22.3. The van der Waals surface area contributed by atoms with Crippen molar-refractivity contribution in [3.8, 4) is 0 Å². The fraction of sp³-hybridized carbons (Fsp3) is 0.750. The molecule has 3 aliphatic rings. The average Bonchev–Trinajstić information content (AvgIpc) is 3.47. The summed E-state index contributed by atoms with van der Waals surface area (Å²) in [5.41, 5.74) is 2.09. The Balaban J connectivity index is 1.25. The van der Waals surface area contributed by atoms with E-state index in [2.05, 4.69) is 10.5 Å². The van der Waals surface area contributed by atoms with Crippen molar-refractivity contribution in [1.29, 1.82) is 0 Å². The molecule has 27 heavy (non-hydrogen) atoms. The van der Waals surface area contributed by atoms with Crippen molar-refractivity contribution in [3.05, 3.63) is 17.0 Å². The highest BCUT2D eigenvalue weighted by Crippen LogP contribution is 2.32. The molecular formula is C20H30N4O3. The van der Waals surface area contributed by atoms with Crippen molar-refractivity contribution in [1.82, 2.24) is 20.3 Å². The van der Waals surface area contributed by atoms with Gasteiger partial charge in [0.2, 0.25) is 5.91 Å². The number of hydrogen-bond acceptors (Lipinski definition) is 4. The number of hydrogen-bond donors (Lipinski definition) is 1. The zero-order valence-electron chi connectivity index (χ0n) is 16.2. The smallest absolute Gasteiger partial charge is 0.317 e. The van der Waals surface area contributed by atoms with E-state index in [1.54, 1.807) is 11.9 Å². The quantitative estimate of drug-likeness (QED) is 0.858. The summed E-state index contributed by atoms with van der Waals surface area (Å²) in [6, 6.07) is -0.0896. The summed E-state index contributed by atoms with van der Waals surface area (Å²) in [5.74, 6) is 1.93. The van der Waals surface area contributed by atoms with Crippen LogP contribution in [0.3, 0.4) is 0 Å². The number of carbonyl (C=O) groups is 2. The van der Waals surface area contributed by atoms with Crippen LogP contribution in [0.5, 0.6) is 0 Å². The molecule has 1 aromatic rings. The second kappa shape index (κ2) is 7.90. The Kier molecular flexibility index (Phi) is 5.36. The number of likely N-dealkylation sites (tertiary alicyclic amines) is 1. The van der Waals surface area contributed by atoms with Crippen molar-refractivity contribution in [2.24, 2.45) is 11.8 Å². The zero-order valence-corrected chi connectivity index (χ0v) is 16.2. The van der Waals surface area contributed by atoms with Crippen LogP contribution in [0.2, 0.25) is 0 Å². The Morgan fingerprint density at radius 3 is 2.85 bits per heavy atom. The van der Waals surface area contributed by atoms with Crippen molar-refractivity contribution < 1.29 is 14.1 Å². The molecule has 1 saturated carbocycles. The van der Waals surface area contributed by atoms with Crippen molar-refractivity contribution in [2.45, 2.75) is 57.9 Å². The summed E-state index contributed by atoms with van der Waals surface area (Å²) in [7, 11) is 1.79. The van der Waals surface area contributed by atoms with Crippen LogP contribution >= 0.6 is 0 Å². The van der Waals surface area contributed by atoms with Crippen molar-refractivity contribution in [2.75, 3.05) is 26.7 Å². The number of nitrogens with one attached hydrogen (secondary N) is 1. The molecule has 7 heteroatoms. The fourth-order valence-corrected chi connectivity index (χ4v) is 4.26. The number of nitrogens with zero attached hydrogens (tertiary/aromatic N) is 3. The minimum Gasteiger partial charge on any atom is -0.361 e. The third-order valence-electron chi connectivity index (χ3n) is 6.06. The Labute approximate surface area is 160 Å². The Hall–Kier alpha value is -2.05. The predicted molar refractivity (Wildman–Crippen MR) is 100 cm³/mol. The van der Waals surface area contributed by atoms with Crippen molar-refractivity contribution in [3.63, 3.8) is 0 Å². The van der Waals surface area contributed by atoms with Crippen LogP contribution in [0.4, 0.5) is 4.79 Å². The van der Waals surface area contributed by atoms with Crippen LogP contribution in [-0.2, 0) is 24.2 Å². The van der Waals surface area contributed by atoms with Gasteiger partial charge in [-0.3, -0.25) is 4.79 Å². The highest BCUT2D eigenvalue weighted by atomic mass is 16.5. The summed E-state index contributed by atoms with van der Waals surface area (Å²) >= 11 is 0. The Bertz CT molecular complexity index is 697. The molecule has 0 spiro atoms. The van der Waals surface area contributed by atoms with Gasteiger partial charge in [-0.15, -0.1) is 0 Å². The second-order valence-electron chi connectivity index (χ2n) is 8.35. The Morgan fingerprint density at radius 2 is 2.04 bits per heavy atom. The average molecular weight is 374 g/mol. The van der Waals surface area contributed by atoms with Gasteiger partial charge in [0.05, 0.1) is 6.54 Å². The first kappa shape index (κ1) is 18.3. The lowest BCUT2D eigenvalue weighted by atomic mass is 9.96. The molecule has 1 atom stereocenters. The van der Waals surface area contributed by atoms with Crippen LogP contribution < -0.4 is 5.32 Å². The molecule has 1 N–H and O–H groups in total. The third-order valence-corrected chi connectivity index (χ3v) is 6.06. The fourth-order valence-electron chi connectivity index (χ4n) is 4.26. The molecule has 1 saturated heterocycles. The summed E-state index contributed by atoms with van der Waals surface area (Å²) < 4.78 is 5.44. The molecule has 2 aliphatic carbocycles. The molecule has 0 bridgehead atoms. The highest BCUT2D eigenvalue weighted by Gasteiger charge is 2.35. The van der Waals surface area contributed by atoms with Crippen molar-refractivity contribution >= 4 is 11.9 Å². The van der Waals surface area contributed by atoms with Crippen LogP contribution in [0, 0.1) is 11.8 Å². The molecule has 4 rings (SSSR count). The van der Waals surface area contributed by atoms with E-state index in [0.29, 0.717) is 24.9 Å². The minimum atomic E-state index is -0.0896. The monoisotopic (exact) mass is 374 g/mol. The van der Waals surface area contributed by atoms with E-state index < -0.39 is 0 Å². The molecule has 3 amide bonds. The van der Waals surface area contributed by atoms with Gasteiger partial charge < -0.3 is 19.6 Å². The third kappa shape index (κ3) is 4.28. The van der Waals surface area contributed by atoms with Gasteiger partial charge >= 0.3 is 6.03 Å². The molecule has 148 valence electrons. The second-order valence-corrected chi connectivity index (χ2v) is 8.35. The molecule has 1 aliphatic heterocycles. The lowest BCUT2D eigenvalue weighted by Gasteiger charge is -2.33. The SMILES string of the molecule is CN(Cc1noc2c1CCCC2)C(=O)NCC1CCCN(C(=O)C2CC2)C1. The molecule has 1 aromatic heterocycles. The van der Waals surface area contributed by atoms with E-state index >= 15 is 0 Å². The van der Waals surface area contributed by atoms with Gasteiger partial charge in [-0.1, -0.05) is 5.16 Å². The lowest BCUT2D eigenvalue weighted by molar-refractivity contribution is -0.134. The van der Waals surface area contributed by atoms with Crippen LogP contribution in [0.25, 0.3) is 0 Å². The lowest BCUT2D eigenvalue weighted by Crippen LogP contribution is -2.46. The molecule has 1 unspecified atom stereocenters. The Morgan fingerprint density at radius 1 is 1.22 bits per heavy atom. The summed E-state index contributed by atoms with van der Waals surface area (Å²) in [5, 5.41) is 7.22. The van der Waals surface area contributed by atoms with E-state index in [4.69, 9.17) is 4.52 Å². The number of aromatic nitrogens is 1. The van der Waals surface area contributed by atoms with Crippen LogP contribution in [-0.4, -0.2) is 53.6 Å². The maximum atomic E-state index is 12.5. The maximum Gasteiger partial charge on any atom is 0.317 e. The van der Waals surface area contributed by atoms with Crippen LogP contribution in [0.15, 0.2) is 4.52 Å². The summed E-state index contributed by atoms with van der Waals surface area (Å²) in [6.45, 7) is 2.74. The van der Waals surface area contributed by atoms with E-state index in [1.165, 1.54) is 5.56 Å². The topological polar surface area (TPSA) is 78.7 Å². The molecule has 2 heterocycles. The van der Waals surface area contributed by atoms with Gasteiger partial charge in [-0.25, -0.2) is 4.79 Å². The first-order valence-corrected chi connectivity index (χ1v) is 10.4. The van der Waals surface area contributed by atoms with Gasteiger partial charge in [-0.2, -0.15) is 0 Å². The first-order chi connectivity index (χ1) is 13.1. The molecular weight excluding hydrogens is 344 g/mol. The maximum absolute atomic E-state index is 12.5. The number of amides is 3. The van der Waals surface area contributed by atoms with E-state index in [-0.39, 0.29) is 11.9 Å². The standard InChI is InChI=1S/C20H30N4O3/c1-23(13-17-16-6-2-3-7-18(16)27-22-17)20(26)21-11-14-5-4-10-24(12-14)19(25)15-8-9-15/h14-15H,2-13H2,1H3,(H,21,26). The zero-order chi connectivity index (χ0) is 18.8.